The van der Waals surface area contributed by atoms with Gasteiger partial charge in [0.05, 0.1) is 17.7 Å². The molecule has 0 aromatic heterocycles. The number of carbonyl (C=O) groups excluding carboxylic acids is 1. The number of sulfonamides is 1. The molecule has 1 amide bonds. The quantitative estimate of drug-likeness (QED) is 0.736. The lowest BCUT2D eigenvalue weighted by atomic mass is 10.3. The van der Waals surface area contributed by atoms with Crippen LogP contribution in [0.25, 0.3) is 0 Å². The zero-order valence-corrected chi connectivity index (χ0v) is 15.1. The van der Waals surface area contributed by atoms with E-state index < -0.39 is 10.0 Å². The first-order chi connectivity index (χ1) is 12.5. The van der Waals surface area contributed by atoms with E-state index in [2.05, 4.69) is 10.0 Å². The molecule has 26 heavy (non-hydrogen) atoms. The molecule has 138 valence electrons. The fourth-order valence-corrected chi connectivity index (χ4v) is 3.31. The number of hydrogen-bond donors (Lipinski definition) is 2. The third kappa shape index (κ3) is 4.89. The van der Waals surface area contributed by atoms with Gasteiger partial charge in [-0.15, -0.1) is 0 Å². The van der Waals surface area contributed by atoms with E-state index in [4.69, 9.17) is 9.47 Å². The Kier molecular flexibility index (Phi) is 5.32. The van der Waals surface area contributed by atoms with Crippen molar-refractivity contribution in [1.29, 1.82) is 0 Å². The van der Waals surface area contributed by atoms with Crippen molar-refractivity contribution in [2.45, 2.75) is 23.8 Å². The van der Waals surface area contributed by atoms with Gasteiger partial charge in [0, 0.05) is 12.1 Å². The van der Waals surface area contributed by atoms with E-state index in [1.54, 1.807) is 24.3 Å². The second-order valence-corrected chi connectivity index (χ2v) is 7.62. The number of ether oxygens (including phenoxy) is 2. The molecule has 0 bridgehead atoms. The Balaban J connectivity index is 1.61. The number of benzene rings is 2. The maximum Gasteiger partial charge on any atom is 0.261 e. The standard InChI is InChI=1S/C18H20N2O5S/c1-24-16-4-2-3-14(11-16)20-26(22,23)17-9-7-15(8-10-17)25-12-18(21)19-13-5-6-13/h2-4,7-11,13,20H,5-6,12H2,1H3,(H,19,21). The second-order valence-electron chi connectivity index (χ2n) is 5.94. The maximum atomic E-state index is 12.4. The molecular weight excluding hydrogens is 356 g/mol. The Morgan fingerprint density at radius 1 is 1.12 bits per heavy atom. The van der Waals surface area contributed by atoms with Gasteiger partial charge in [0.25, 0.3) is 15.9 Å². The van der Waals surface area contributed by atoms with Crippen molar-refractivity contribution in [2.24, 2.45) is 0 Å². The van der Waals surface area contributed by atoms with E-state index in [0.29, 0.717) is 17.2 Å². The fourth-order valence-electron chi connectivity index (χ4n) is 2.26. The van der Waals surface area contributed by atoms with Crippen LogP contribution in [0.15, 0.2) is 53.4 Å². The van der Waals surface area contributed by atoms with Crippen LogP contribution in [0.4, 0.5) is 5.69 Å². The molecule has 1 fully saturated rings. The Labute approximate surface area is 152 Å². The Hall–Kier alpha value is -2.74. The zero-order valence-electron chi connectivity index (χ0n) is 14.3. The predicted octanol–water partition coefficient (Wildman–Crippen LogP) is 2.15. The lowest BCUT2D eigenvalue weighted by Gasteiger charge is -2.10. The molecule has 0 spiro atoms. The van der Waals surface area contributed by atoms with Crippen LogP contribution in [0.2, 0.25) is 0 Å². The monoisotopic (exact) mass is 376 g/mol. The summed E-state index contributed by atoms with van der Waals surface area (Å²) in [5, 5.41) is 2.82. The number of carbonyl (C=O) groups is 1. The van der Waals surface area contributed by atoms with Crippen molar-refractivity contribution in [1.82, 2.24) is 5.32 Å². The van der Waals surface area contributed by atoms with Crippen LogP contribution >= 0.6 is 0 Å². The largest absolute Gasteiger partial charge is 0.497 e. The normalized spacial score (nSPS) is 13.7. The van der Waals surface area contributed by atoms with Gasteiger partial charge in [0.15, 0.2) is 6.61 Å². The molecule has 1 saturated carbocycles. The number of methoxy groups -OCH3 is 1. The molecule has 2 aromatic rings. The van der Waals surface area contributed by atoms with Gasteiger partial charge < -0.3 is 14.8 Å². The van der Waals surface area contributed by atoms with E-state index in [-0.39, 0.29) is 23.5 Å². The lowest BCUT2D eigenvalue weighted by Crippen LogP contribution is -2.30. The van der Waals surface area contributed by atoms with Gasteiger partial charge in [-0.25, -0.2) is 8.42 Å². The smallest absolute Gasteiger partial charge is 0.261 e. The van der Waals surface area contributed by atoms with E-state index in [1.165, 1.54) is 31.4 Å². The summed E-state index contributed by atoms with van der Waals surface area (Å²) in [7, 11) is -2.22. The number of amides is 1. The molecule has 7 nitrogen and oxygen atoms in total. The van der Waals surface area contributed by atoms with Crippen LogP contribution in [-0.4, -0.2) is 34.1 Å². The SMILES string of the molecule is COc1cccc(NS(=O)(=O)c2ccc(OCC(=O)NC3CC3)cc2)c1. The van der Waals surface area contributed by atoms with Crippen LogP contribution in [0.3, 0.4) is 0 Å². The molecule has 8 heteroatoms. The summed E-state index contributed by atoms with van der Waals surface area (Å²) in [6.07, 6.45) is 2.02. The molecule has 1 aliphatic rings. The summed E-state index contributed by atoms with van der Waals surface area (Å²) in [5.41, 5.74) is 0.404. The van der Waals surface area contributed by atoms with Gasteiger partial charge in [-0.1, -0.05) is 6.07 Å². The third-order valence-electron chi connectivity index (χ3n) is 3.77. The minimum Gasteiger partial charge on any atom is -0.497 e. The molecule has 0 radical (unpaired) electrons. The van der Waals surface area contributed by atoms with Gasteiger partial charge in [-0.3, -0.25) is 9.52 Å². The van der Waals surface area contributed by atoms with Gasteiger partial charge >= 0.3 is 0 Å². The first-order valence-electron chi connectivity index (χ1n) is 8.15. The Morgan fingerprint density at radius 2 is 1.85 bits per heavy atom. The van der Waals surface area contributed by atoms with Crippen molar-refractivity contribution < 1.29 is 22.7 Å². The fraction of sp³-hybridized carbons (Fsp3) is 0.278. The second kappa shape index (κ2) is 7.65. The van der Waals surface area contributed by atoms with E-state index >= 15 is 0 Å². The van der Waals surface area contributed by atoms with Crippen LogP contribution in [-0.2, 0) is 14.8 Å². The Bertz CT molecular complexity index is 877. The molecule has 2 aromatic carbocycles. The first-order valence-corrected chi connectivity index (χ1v) is 9.64. The van der Waals surface area contributed by atoms with Crippen molar-refractivity contribution in [2.75, 3.05) is 18.4 Å². The van der Waals surface area contributed by atoms with E-state index in [1.807, 2.05) is 0 Å². The Morgan fingerprint density at radius 3 is 2.50 bits per heavy atom. The number of hydrogen-bond acceptors (Lipinski definition) is 5. The highest BCUT2D eigenvalue weighted by Gasteiger charge is 2.23. The number of nitrogens with one attached hydrogen (secondary N) is 2. The third-order valence-corrected chi connectivity index (χ3v) is 5.17. The molecule has 0 saturated heterocycles. The van der Waals surface area contributed by atoms with Gasteiger partial charge in [0.1, 0.15) is 11.5 Å². The predicted molar refractivity (Wildman–Crippen MR) is 96.9 cm³/mol. The number of rotatable bonds is 8. The average Bonchev–Trinajstić information content (AvgIpc) is 3.44. The highest BCUT2D eigenvalue weighted by atomic mass is 32.2. The van der Waals surface area contributed by atoms with Crippen molar-refractivity contribution in [3.8, 4) is 11.5 Å². The van der Waals surface area contributed by atoms with Gasteiger partial charge in [0.2, 0.25) is 0 Å². The minimum atomic E-state index is -3.73. The molecule has 0 unspecified atom stereocenters. The molecule has 2 N–H and O–H groups in total. The summed E-state index contributed by atoms with van der Waals surface area (Å²) in [5.74, 6) is 0.804. The van der Waals surface area contributed by atoms with Crippen LogP contribution in [0, 0.1) is 0 Å². The van der Waals surface area contributed by atoms with Crippen molar-refractivity contribution >= 4 is 21.6 Å². The highest BCUT2D eigenvalue weighted by molar-refractivity contribution is 7.92. The molecular formula is C18H20N2O5S. The summed E-state index contributed by atoms with van der Waals surface area (Å²) < 4.78 is 37.8. The average molecular weight is 376 g/mol. The zero-order chi connectivity index (χ0) is 18.6. The van der Waals surface area contributed by atoms with Gasteiger partial charge in [-0.2, -0.15) is 0 Å². The summed E-state index contributed by atoms with van der Waals surface area (Å²) in [6, 6.07) is 12.8. The maximum absolute atomic E-state index is 12.4. The van der Waals surface area contributed by atoms with Crippen molar-refractivity contribution in [3.63, 3.8) is 0 Å². The van der Waals surface area contributed by atoms with Gasteiger partial charge in [-0.05, 0) is 49.2 Å². The topological polar surface area (TPSA) is 93.7 Å². The van der Waals surface area contributed by atoms with Crippen LogP contribution in [0.5, 0.6) is 11.5 Å². The summed E-state index contributed by atoms with van der Waals surface area (Å²) in [6.45, 7) is -0.0926. The minimum absolute atomic E-state index is 0.0926. The summed E-state index contributed by atoms with van der Waals surface area (Å²) >= 11 is 0. The molecule has 1 aliphatic carbocycles. The lowest BCUT2D eigenvalue weighted by molar-refractivity contribution is -0.123. The summed E-state index contributed by atoms with van der Waals surface area (Å²) in [4.78, 5) is 11.7. The first kappa shape index (κ1) is 18.1. The molecule has 0 aliphatic heterocycles. The van der Waals surface area contributed by atoms with E-state index in [9.17, 15) is 13.2 Å². The van der Waals surface area contributed by atoms with Crippen LogP contribution < -0.4 is 19.5 Å². The van der Waals surface area contributed by atoms with Crippen LogP contribution in [0.1, 0.15) is 12.8 Å². The molecule has 3 rings (SSSR count). The number of anilines is 1. The van der Waals surface area contributed by atoms with E-state index in [0.717, 1.165) is 12.8 Å². The highest BCUT2D eigenvalue weighted by Crippen LogP contribution is 2.22. The van der Waals surface area contributed by atoms with Crippen molar-refractivity contribution in [3.05, 3.63) is 48.5 Å². The molecule has 0 heterocycles. The molecule has 0 atom stereocenters.